The predicted molar refractivity (Wildman–Crippen MR) is 84.0 cm³/mol. The molecule has 1 atom stereocenters. The highest BCUT2D eigenvalue weighted by Gasteiger charge is 2.12. The van der Waals surface area contributed by atoms with E-state index in [0.29, 0.717) is 16.4 Å². The minimum atomic E-state index is -0.167. The van der Waals surface area contributed by atoms with Crippen molar-refractivity contribution in [2.75, 3.05) is 6.54 Å². The highest BCUT2D eigenvalue weighted by molar-refractivity contribution is 9.10. The average Bonchev–Trinajstić information content (AvgIpc) is 2.36. The molecule has 0 saturated carbocycles. The van der Waals surface area contributed by atoms with Gasteiger partial charge in [0.2, 0.25) is 0 Å². The Hall–Kier alpha value is -0.410. The monoisotopic (exact) mass is 329 g/mol. The molecule has 19 heavy (non-hydrogen) atoms. The Labute approximate surface area is 125 Å². The second kappa shape index (κ2) is 8.70. The number of nitrogens with one attached hydrogen (secondary N) is 1. The predicted octanol–water partition coefficient (Wildman–Crippen LogP) is 4.94. The summed E-state index contributed by atoms with van der Waals surface area (Å²) in [6.45, 7) is 7.74. The number of halogens is 2. The zero-order chi connectivity index (χ0) is 14.3. The van der Waals surface area contributed by atoms with Crippen LogP contribution in [0.15, 0.2) is 22.7 Å². The van der Waals surface area contributed by atoms with Gasteiger partial charge in [-0.25, -0.2) is 4.39 Å². The zero-order valence-electron chi connectivity index (χ0n) is 12.2. The van der Waals surface area contributed by atoms with E-state index in [1.54, 1.807) is 6.07 Å². The van der Waals surface area contributed by atoms with Gasteiger partial charge in [0.05, 0.1) is 4.47 Å². The number of rotatable bonds is 8. The van der Waals surface area contributed by atoms with E-state index in [2.05, 4.69) is 42.0 Å². The largest absolute Gasteiger partial charge is 0.314 e. The molecule has 0 fully saturated rings. The summed E-state index contributed by atoms with van der Waals surface area (Å²) in [5, 5.41) is 3.60. The van der Waals surface area contributed by atoms with Crippen molar-refractivity contribution in [2.45, 2.75) is 52.5 Å². The summed E-state index contributed by atoms with van der Waals surface area (Å²) in [7, 11) is 0. The molecule has 0 aliphatic carbocycles. The molecule has 0 spiro atoms. The van der Waals surface area contributed by atoms with Gasteiger partial charge in [-0.05, 0) is 65.7 Å². The molecule has 1 N–H and O–H groups in total. The maximum absolute atomic E-state index is 13.5. The van der Waals surface area contributed by atoms with Crippen molar-refractivity contribution < 1.29 is 4.39 Å². The summed E-state index contributed by atoms with van der Waals surface area (Å²) in [6.07, 6.45) is 4.29. The van der Waals surface area contributed by atoms with Gasteiger partial charge >= 0.3 is 0 Å². The second-order valence-corrected chi connectivity index (χ2v) is 6.33. The molecule has 108 valence electrons. The summed E-state index contributed by atoms with van der Waals surface area (Å²) in [4.78, 5) is 0. The molecule has 1 aromatic rings. The van der Waals surface area contributed by atoms with E-state index in [1.165, 1.54) is 12.5 Å². The van der Waals surface area contributed by atoms with Crippen LogP contribution in [0.2, 0.25) is 0 Å². The van der Waals surface area contributed by atoms with Crippen LogP contribution >= 0.6 is 15.9 Å². The standard InChI is InChI=1S/C16H25BrFN/c1-4-10-19-14(11-12(2)3)9-8-13-6-5-7-15(18)16(13)17/h5-7,12,14,19H,4,8-11H2,1-3H3. The van der Waals surface area contributed by atoms with Crippen molar-refractivity contribution in [3.63, 3.8) is 0 Å². The number of hydrogen-bond acceptors (Lipinski definition) is 1. The minimum absolute atomic E-state index is 0.167. The Morgan fingerprint density at radius 3 is 2.68 bits per heavy atom. The molecule has 0 aliphatic heterocycles. The van der Waals surface area contributed by atoms with Crippen LogP contribution in [-0.2, 0) is 6.42 Å². The van der Waals surface area contributed by atoms with Crippen LogP contribution in [0.5, 0.6) is 0 Å². The van der Waals surface area contributed by atoms with Crippen molar-refractivity contribution >= 4 is 15.9 Å². The lowest BCUT2D eigenvalue weighted by atomic mass is 9.97. The molecule has 1 aromatic carbocycles. The number of aryl methyl sites for hydroxylation is 1. The molecule has 0 aromatic heterocycles. The third-order valence-corrected chi connectivity index (χ3v) is 4.12. The first-order valence-corrected chi connectivity index (χ1v) is 8.00. The van der Waals surface area contributed by atoms with Crippen molar-refractivity contribution in [3.05, 3.63) is 34.1 Å². The van der Waals surface area contributed by atoms with Crippen LogP contribution in [0, 0.1) is 11.7 Å². The Kier molecular flexibility index (Phi) is 7.62. The molecular formula is C16H25BrFN. The van der Waals surface area contributed by atoms with Crippen LogP contribution in [0.4, 0.5) is 4.39 Å². The molecule has 1 nitrogen and oxygen atoms in total. The van der Waals surface area contributed by atoms with Gasteiger partial charge in [-0.3, -0.25) is 0 Å². The Bertz CT molecular complexity index is 379. The lowest BCUT2D eigenvalue weighted by Crippen LogP contribution is -2.31. The molecule has 1 unspecified atom stereocenters. The molecule has 1 rings (SSSR count). The van der Waals surface area contributed by atoms with E-state index in [9.17, 15) is 4.39 Å². The van der Waals surface area contributed by atoms with Gasteiger partial charge in [0.15, 0.2) is 0 Å². The van der Waals surface area contributed by atoms with Crippen LogP contribution in [0.1, 0.15) is 45.6 Å². The quantitative estimate of drug-likeness (QED) is 0.712. The fourth-order valence-corrected chi connectivity index (χ4v) is 2.75. The second-order valence-electron chi connectivity index (χ2n) is 5.53. The first kappa shape index (κ1) is 16.6. The summed E-state index contributed by atoms with van der Waals surface area (Å²) < 4.78 is 14.1. The van der Waals surface area contributed by atoms with Crippen molar-refractivity contribution in [3.8, 4) is 0 Å². The third kappa shape index (κ3) is 6.05. The van der Waals surface area contributed by atoms with Crippen LogP contribution in [0.25, 0.3) is 0 Å². The van der Waals surface area contributed by atoms with E-state index in [1.807, 2.05) is 6.07 Å². The van der Waals surface area contributed by atoms with Gasteiger partial charge in [0.25, 0.3) is 0 Å². The Morgan fingerprint density at radius 1 is 1.32 bits per heavy atom. The summed E-state index contributed by atoms with van der Waals surface area (Å²) in [5.41, 5.74) is 1.06. The van der Waals surface area contributed by atoms with Crippen LogP contribution in [0.3, 0.4) is 0 Å². The van der Waals surface area contributed by atoms with E-state index >= 15 is 0 Å². The highest BCUT2D eigenvalue weighted by Crippen LogP contribution is 2.22. The molecule has 3 heteroatoms. The molecule has 0 heterocycles. The zero-order valence-corrected chi connectivity index (χ0v) is 13.8. The summed E-state index contributed by atoms with van der Waals surface area (Å²) in [5.74, 6) is 0.518. The van der Waals surface area contributed by atoms with Gasteiger partial charge in [0.1, 0.15) is 5.82 Å². The van der Waals surface area contributed by atoms with E-state index in [4.69, 9.17) is 0 Å². The molecule has 0 bridgehead atoms. The summed E-state index contributed by atoms with van der Waals surface area (Å²) >= 11 is 3.34. The first-order chi connectivity index (χ1) is 9.04. The molecule has 0 aliphatic rings. The van der Waals surface area contributed by atoms with Crippen molar-refractivity contribution in [1.82, 2.24) is 5.32 Å². The van der Waals surface area contributed by atoms with E-state index in [-0.39, 0.29) is 5.82 Å². The van der Waals surface area contributed by atoms with Crippen LogP contribution < -0.4 is 5.32 Å². The summed E-state index contributed by atoms with van der Waals surface area (Å²) in [6, 6.07) is 5.80. The molecule has 0 amide bonds. The SMILES string of the molecule is CCCNC(CCc1cccc(F)c1Br)CC(C)C. The lowest BCUT2D eigenvalue weighted by Gasteiger charge is -2.20. The van der Waals surface area contributed by atoms with Gasteiger partial charge < -0.3 is 5.32 Å². The number of hydrogen-bond donors (Lipinski definition) is 1. The normalized spacial score (nSPS) is 12.9. The minimum Gasteiger partial charge on any atom is -0.314 e. The van der Waals surface area contributed by atoms with E-state index in [0.717, 1.165) is 31.4 Å². The van der Waals surface area contributed by atoms with Crippen molar-refractivity contribution in [2.24, 2.45) is 5.92 Å². The van der Waals surface area contributed by atoms with Gasteiger partial charge in [0, 0.05) is 6.04 Å². The maximum Gasteiger partial charge on any atom is 0.137 e. The highest BCUT2D eigenvalue weighted by atomic mass is 79.9. The molecule has 0 radical (unpaired) electrons. The molecule has 0 saturated heterocycles. The van der Waals surface area contributed by atoms with Gasteiger partial charge in [-0.1, -0.05) is 32.9 Å². The van der Waals surface area contributed by atoms with E-state index < -0.39 is 0 Å². The third-order valence-electron chi connectivity index (χ3n) is 3.23. The topological polar surface area (TPSA) is 12.0 Å². The Balaban J connectivity index is 2.56. The van der Waals surface area contributed by atoms with Gasteiger partial charge in [-0.2, -0.15) is 0 Å². The van der Waals surface area contributed by atoms with Crippen LogP contribution in [-0.4, -0.2) is 12.6 Å². The number of benzene rings is 1. The lowest BCUT2D eigenvalue weighted by molar-refractivity contribution is 0.398. The molecular weight excluding hydrogens is 305 g/mol. The Morgan fingerprint density at radius 2 is 2.05 bits per heavy atom. The van der Waals surface area contributed by atoms with Gasteiger partial charge in [-0.15, -0.1) is 0 Å². The maximum atomic E-state index is 13.5. The fourth-order valence-electron chi connectivity index (χ4n) is 2.29. The smallest absolute Gasteiger partial charge is 0.137 e. The van der Waals surface area contributed by atoms with Crippen molar-refractivity contribution in [1.29, 1.82) is 0 Å². The fraction of sp³-hybridized carbons (Fsp3) is 0.625. The average molecular weight is 330 g/mol. The first-order valence-electron chi connectivity index (χ1n) is 7.20.